The van der Waals surface area contributed by atoms with E-state index in [2.05, 4.69) is 49.5 Å². The largest absolute Gasteiger partial charge is 0.378 e. The van der Waals surface area contributed by atoms with Gasteiger partial charge in [0.25, 0.3) is 0 Å². The standard InChI is InChI=1S/C16H25NO/c1-13(8-9-15-6-4-3-5-7-15)17-12-16-10-11-18-14(16)2/h3-7,13-14,16-17H,8-12H2,1-2H3. The van der Waals surface area contributed by atoms with Crippen LogP contribution in [-0.4, -0.2) is 25.3 Å². The third-order valence-electron chi connectivity index (χ3n) is 3.97. The monoisotopic (exact) mass is 247 g/mol. The van der Waals surface area contributed by atoms with Crippen LogP contribution in [0.15, 0.2) is 30.3 Å². The molecule has 3 unspecified atom stereocenters. The minimum atomic E-state index is 0.429. The fraction of sp³-hybridized carbons (Fsp3) is 0.625. The van der Waals surface area contributed by atoms with Crippen molar-refractivity contribution in [3.05, 3.63) is 35.9 Å². The lowest BCUT2D eigenvalue weighted by molar-refractivity contribution is 0.105. The second kappa shape index (κ2) is 6.91. The van der Waals surface area contributed by atoms with E-state index in [1.807, 2.05) is 0 Å². The highest BCUT2D eigenvalue weighted by atomic mass is 16.5. The molecule has 1 heterocycles. The van der Waals surface area contributed by atoms with Crippen LogP contribution in [0.4, 0.5) is 0 Å². The van der Waals surface area contributed by atoms with E-state index < -0.39 is 0 Å². The van der Waals surface area contributed by atoms with Crippen molar-refractivity contribution in [1.82, 2.24) is 5.32 Å². The number of nitrogens with one attached hydrogen (secondary N) is 1. The van der Waals surface area contributed by atoms with Crippen LogP contribution >= 0.6 is 0 Å². The molecule has 0 saturated carbocycles. The normalized spacial score (nSPS) is 25.2. The maximum Gasteiger partial charge on any atom is 0.0588 e. The molecule has 1 aliphatic heterocycles. The molecule has 0 spiro atoms. The predicted molar refractivity (Wildman–Crippen MR) is 75.7 cm³/mol. The SMILES string of the molecule is CC(CCc1ccccc1)NCC1CCOC1C. The van der Waals surface area contributed by atoms with Crippen molar-refractivity contribution < 1.29 is 4.74 Å². The molecule has 1 fully saturated rings. The smallest absolute Gasteiger partial charge is 0.0588 e. The van der Waals surface area contributed by atoms with E-state index in [-0.39, 0.29) is 0 Å². The van der Waals surface area contributed by atoms with Crippen molar-refractivity contribution in [3.8, 4) is 0 Å². The molecule has 0 aliphatic carbocycles. The van der Waals surface area contributed by atoms with Crippen LogP contribution in [0, 0.1) is 5.92 Å². The van der Waals surface area contributed by atoms with Gasteiger partial charge in [0.1, 0.15) is 0 Å². The summed E-state index contributed by atoms with van der Waals surface area (Å²) in [6, 6.07) is 11.3. The molecule has 1 aromatic rings. The molecule has 1 N–H and O–H groups in total. The average Bonchev–Trinajstić information content (AvgIpc) is 2.81. The molecular formula is C16H25NO. The first-order valence-corrected chi connectivity index (χ1v) is 7.14. The molecule has 0 aromatic heterocycles. The Kier molecular flexibility index (Phi) is 5.21. The Hall–Kier alpha value is -0.860. The van der Waals surface area contributed by atoms with Gasteiger partial charge in [-0.05, 0) is 44.6 Å². The molecule has 1 aliphatic rings. The van der Waals surface area contributed by atoms with E-state index in [0.717, 1.165) is 19.6 Å². The van der Waals surface area contributed by atoms with E-state index in [0.29, 0.717) is 18.1 Å². The van der Waals surface area contributed by atoms with E-state index in [1.165, 1.54) is 18.4 Å². The maximum atomic E-state index is 5.59. The molecule has 3 atom stereocenters. The van der Waals surface area contributed by atoms with E-state index in [4.69, 9.17) is 4.74 Å². The third-order valence-corrected chi connectivity index (χ3v) is 3.97. The first-order valence-electron chi connectivity index (χ1n) is 7.14. The van der Waals surface area contributed by atoms with Gasteiger partial charge in [-0.15, -0.1) is 0 Å². The van der Waals surface area contributed by atoms with Gasteiger partial charge in [0.15, 0.2) is 0 Å². The van der Waals surface area contributed by atoms with Crippen LogP contribution in [0.2, 0.25) is 0 Å². The highest BCUT2D eigenvalue weighted by Gasteiger charge is 2.23. The Morgan fingerprint density at radius 3 is 2.78 bits per heavy atom. The Balaban J connectivity index is 1.64. The minimum Gasteiger partial charge on any atom is -0.378 e. The van der Waals surface area contributed by atoms with Crippen molar-refractivity contribution >= 4 is 0 Å². The quantitative estimate of drug-likeness (QED) is 0.834. The van der Waals surface area contributed by atoms with Gasteiger partial charge in [-0.2, -0.15) is 0 Å². The summed E-state index contributed by atoms with van der Waals surface area (Å²) in [5.41, 5.74) is 1.43. The maximum absolute atomic E-state index is 5.59. The van der Waals surface area contributed by atoms with Crippen molar-refractivity contribution in [2.45, 2.75) is 45.3 Å². The molecule has 1 saturated heterocycles. The number of ether oxygens (including phenoxy) is 1. The summed E-state index contributed by atoms with van der Waals surface area (Å²) in [6.45, 7) is 6.50. The number of rotatable bonds is 6. The second-order valence-corrected chi connectivity index (χ2v) is 5.46. The summed E-state index contributed by atoms with van der Waals surface area (Å²) in [7, 11) is 0. The lowest BCUT2D eigenvalue weighted by atomic mass is 10.0. The summed E-state index contributed by atoms with van der Waals surface area (Å²) in [5, 5.41) is 3.65. The Bertz CT molecular complexity index is 338. The number of hydrogen-bond donors (Lipinski definition) is 1. The van der Waals surface area contributed by atoms with Crippen LogP contribution in [0.25, 0.3) is 0 Å². The van der Waals surface area contributed by atoms with Gasteiger partial charge < -0.3 is 10.1 Å². The lowest BCUT2D eigenvalue weighted by Gasteiger charge is -2.19. The van der Waals surface area contributed by atoms with Crippen molar-refractivity contribution in [1.29, 1.82) is 0 Å². The fourth-order valence-electron chi connectivity index (χ4n) is 2.53. The van der Waals surface area contributed by atoms with Gasteiger partial charge in [0.05, 0.1) is 6.10 Å². The van der Waals surface area contributed by atoms with Crippen molar-refractivity contribution in [3.63, 3.8) is 0 Å². The molecule has 2 nitrogen and oxygen atoms in total. The van der Waals surface area contributed by atoms with Gasteiger partial charge in [-0.1, -0.05) is 30.3 Å². The average molecular weight is 247 g/mol. The minimum absolute atomic E-state index is 0.429. The van der Waals surface area contributed by atoms with Crippen molar-refractivity contribution in [2.24, 2.45) is 5.92 Å². The summed E-state index contributed by atoms with van der Waals surface area (Å²) >= 11 is 0. The summed E-state index contributed by atoms with van der Waals surface area (Å²) < 4.78 is 5.59. The van der Waals surface area contributed by atoms with Crippen LogP contribution < -0.4 is 5.32 Å². The summed E-state index contributed by atoms with van der Waals surface area (Å²) in [4.78, 5) is 0. The molecule has 1 aromatic carbocycles. The molecule has 100 valence electrons. The zero-order valence-corrected chi connectivity index (χ0v) is 11.6. The van der Waals surface area contributed by atoms with E-state index in [1.54, 1.807) is 0 Å². The Labute approximate surface area is 111 Å². The van der Waals surface area contributed by atoms with E-state index in [9.17, 15) is 0 Å². The van der Waals surface area contributed by atoms with Gasteiger partial charge in [-0.25, -0.2) is 0 Å². The van der Waals surface area contributed by atoms with Crippen LogP contribution in [0.5, 0.6) is 0 Å². The van der Waals surface area contributed by atoms with Gasteiger partial charge in [-0.3, -0.25) is 0 Å². The number of hydrogen-bond acceptors (Lipinski definition) is 2. The third kappa shape index (κ3) is 4.11. The first kappa shape index (κ1) is 13.6. The van der Waals surface area contributed by atoms with Crippen molar-refractivity contribution in [2.75, 3.05) is 13.2 Å². The lowest BCUT2D eigenvalue weighted by Crippen LogP contribution is -2.33. The first-order chi connectivity index (χ1) is 8.75. The summed E-state index contributed by atoms with van der Waals surface area (Å²) in [5.74, 6) is 0.698. The van der Waals surface area contributed by atoms with Gasteiger partial charge in [0.2, 0.25) is 0 Å². The Morgan fingerprint density at radius 2 is 2.11 bits per heavy atom. The van der Waals surface area contributed by atoms with Gasteiger partial charge >= 0.3 is 0 Å². The molecule has 2 rings (SSSR count). The summed E-state index contributed by atoms with van der Waals surface area (Å²) in [6.07, 6.45) is 4.00. The molecular weight excluding hydrogens is 222 g/mol. The zero-order valence-electron chi connectivity index (χ0n) is 11.6. The van der Waals surface area contributed by atoms with Crippen LogP contribution in [0.3, 0.4) is 0 Å². The topological polar surface area (TPSA) is 21.3 Å². The molecule has 0 bridgehead atoms. The molecule has 18 heavy (non-hydrogen) atoms. The highest BCUT2D eigenvalue weighted by Crippen LogP contribution is 2.19. The van der Waals surface area contributed by atoms with Crippen LogP contribution in [0.1, 0.15) is 32.3 Å². The molecule has 0 radical (unpaired) electrons. The molecule has 0 amide bonds. The van der Waals surface area contributed by atoms with Crippen LogP contribution in [-0.2, 0) is 11.2 Å². The molecule has 2 heteroatoms. The van der Waals surface area contributed by atoms with E-state index >= 15 is 0 Å². The zero-order chi connectivity index (χ0) is 12.8. The number of benzene rings is 1. The number of aryl methyl sites for hydroxylation is 1. The predicted octanol–water partition coefficient (Wildman–Crippen LogP) is 3.02. The second-order valence-electron chi connectivity index (χ2n) is 5.46. The van der Waals surface area contributed by atoms with Gasteiger partial charge in [0, 0.05) is 19.2 Å². The highest BCUT2D eigenvalue weighted by molar-refractivity contribution is 5.14. The Morgan fingerprint density at radius 1 is 1.33 bits per heavy atom. The fourth-order valence-corrected chi connectivity index (χ4v) is 2.53.